The van der Waals surface area contributed by atoms with Crippen LogP contribution in [0.3, 0.4) is 0 Å². The predicted octanol–water partition coefficient (Wildman–Crippen LogP) is 3.79. The van der Waals surface area contributed by atoms with Crippen LogP contribution in [0.15, 0.2) is 52.4 Å². The third-order valence-electron chi connectivity index (χ3n) is 4.84. The zero-order valence-corrected chi connectivity index (χ0v) is 18.4. The van der Waals surface area contributed by atoms with Crippen molar-refractivity contribution in [3.8, 4) is 6.07 Å². The summed E-state index contributed by atoms with van der Waals surface area (Å²) in [6.07, 6.45) is -5.33. The Kier molecular flexibility index (Phi) is 6.90. The first kappa shape index (κ1) is 24.1. The summed E-state index contributed by atoms with van der Waals surface area (Å²) >= 11 is 7.69. The molecule has 0 saturated carbocycles. The van der Waals surface area contributed by atoms with Gasteiger partial charge in [0.15, 0.2) is 5.78 Å². The third-order valence-corrected chi connectivity index (χ3v) is 7.11. The number of hydrogen-bond donors (Lipinski definition) is 3. The Morgan fingerprint density at radius 1 is 1.31 bits per heavy atom. The maximum Gasteiger partial charge on any atom is 0.437 e. The number of amides is 1. The van der Waals surface area contributed by atoms with Crippen LogP contribution in [0.25, 0.3) is 0 Å². The van der Waals surface area contributed by atoms with E-state index in [2.05, 4.69) is 0 Å². The van der Waals surface area contributed by atoms with E-state index in [0.29, 0.717) is 11.8 Å². The molecule has 0 saturated heterocycles. The van der Waals surface area contributed by atoms with Gasteiger partial charge in [0.1, 0.15) is 0 Å². The number of nitrogens with zero attached hydrogens (tertiary/aromatic N) is 1. The van der Waals surface area contributed by atoms with Crippen LogP contribution in [0.1, 0.15) is 21.2 Å². The molecule has 3 rings (SSSR count). The van der Waals surface area contributed by atoms with Gasteiger partial charge in [-0.2, -0.15) is 18.4 Å². The number of nitriles is 1. The van der Waals surface area contributed by atoms with Crippen molar-refractivity contribution in [2.24, 2.45) is 11.7 Å². The Bertz CT molecular complexity index is 1120. The van der Waals surface area contributed by atoms with Crippen LogP contribution >= 0.6 is 34.7 Å². The number of carbonyl (C=O) groups is 2. The molecule has 12 heteroatoms. The standard InChI is InChI=1S/C20H15ClF3N3O3S2/c21-12-5-2-1-4-10(12)15-11(8-25)18(32-9-14(26)28)27-19(30,20(22,23)24)16(15)17(29)13-6-3-7-31-13/h1-7,15-16,27,30H,9H2,(H2,26,28)/t15-,16-,19-/m1/s1. The lowest BCUT2D eigenvalue weighted by atomic mass is 9.70. The number of primary amides is 1. The molecule has 0 bridgehead atoms. The second kappa shape index (κ2) is 9.15. The van der Waals surface area contributed by atoms with Gasteiger partial charge in [0.2, 0.25) is 11.6 Å². The van der Waals surface area contributed by atoms with E-state index in [0.717, 1.165) is 11.3 Å². The minimum absolute atomic E-state index is 0.0138. The smallest absolute Gasteiger partial charge is 0.369 e. The molecule has 32 heavy (non-hydrogen) atoms. The summed E-state index contributed by atoms with van der Waals surface area (Å²) in [6, 6.07) is 10.5. The highest BCUT2D eigenvalue weighted by Crippen LogP contribution is 2.52. The largest absolute Gasteiger partial charge is 0.437 e. The van der Waals surface area contributed by atoms with E-state index in [1.54, 1.807) is 0 Å². The lowest BCUT2D eigenvalue weighted by Crippen LogP contribution is -2.66. The predicted molar refractivity (Wildman–Crippen MR) is 115 cm³/mol. The summed E-state index contributed by atoms with van der Waals surface area (Å²) in [4.78, 5) is 24.5. The van der Waals surface area contributed by atoms with Crippen molar-refractivity contribution in [2.75, 3.05) is 5.75 Å². The van der Waals surface area contributed by atoms with Crippen LogP contribution < -0.4 is 11.1 Å². The summed E-state index contributed by atoms with van der Waals surface area (Å²) in [5, 5.41) is 23.8. The maximum atomic E-state index is 14.3. The zero-order valence-electron chi connectivity index (χ0n) is 16.0. The van der Waals surface area contributed by atoms with Gasteiger partial charge in [-0.25, -0.2) is 0 Å². The minimum atomic E-state index is -5.33. The number of rotatable bonds is 6. The van der Waals surface area contributed by atoms with Gasteiger partial charge >= 0.3 is 6.18 Å². The molecule has 2 aromatic rings. The van der Waals surface area contributed by atoms with Gasteiger partial charge in [-0.05, 0) is 23.1 Å². The van der Waals surface area contributed by atoms with E-state index in [-0.39, 0.29) is 21.0 Å². The van der Waals surface area contributed by atoms with Gasteiger partial charge in [0.05, 0.1) is 33.2 Å². The number of Topliss-reactive ketones (excluding diaryl/α,β-unsaturated/α-hetero) is 1. The van der Waals surface area contributed by atoms with Crippen molar-refractivity contribution in [1.82, 2.24) is 5.32 Å². The number of halogens is 4. The van der Waals surface area contributed by atoms with Crippen LogP contribution in [-0.4, -0.2) is 34.5 Å². The molecule has 168 valence electrons. The number of allylic oxidation sites excluding steroid dienone is 1. The number of nitrogens with two attached hydrogens (primary N) is 1. The molecule has 1 aliphatic rings. The number of thioether (sulfide) groups is 1. The average Bonchev–Trinajstić information content (AvgIpc) is 3.26. The van der Waals surface area contributed by atoms with E-state index >= 15 is 0 Å². The van der Waals surface area contributed by atoms with Crippen molar-refractivity contribution in [1.29, 1.82) is 5.26 Å². The Labute approximate surface area is 193 Å². The molecule has 2 heterocycles. The highest BCUT2D eigenvalue weighted by Gasteiger charge is 2.66. The minimum Gasteiger partial charge on any atom is -0.369 e. The molecule has 0 unspecified atom stereocenters. The van der Waals surface area contributed by atoms with Crippen molar-refractivity contribution in [3.63, 3.8) is 0 Å². The lowest BCUT2D eigenvalue weighted by Gasteiger charge is -2.45. The molecule has 1 aromatic carbocycles. The molecule has 0 fully saturated rings. The Morgan fingerprint density at radius 3 is 2.53 bits per heavy atom. The second-order valence-electron chi connectivity index (χ2n) is 6.82. The number of nitrogens with one attached hydrogen (secondary N) is 1. The molecule has 0 radical (unpaired) electrons. The Balaban J connectivity index is 2.33. The summed E-state index contributed by atoms with van der Waals surface area (Å²) in [5.41, 5.74) is 1.14. The monoisotopic (exact) mass is 501 g/mol. The zero-order chi connectivity index (χ0) is 23.7. The van der Waals surface area contributed by atoms with E-state index in [1.807, 2.05) is 11.4 Å². The number of alkyl halides is 3. The van der Waals surface area contributed by atoms with Crippen molar-refractivity contribution in [3.05, 3.63) is 67.8 Å². The molecule has 0 spiro atoms. The molecule has 4 N–H and O–H groups in total. The summed E-state index contributed by atoms with van der Waals surface area (Å²) in [7, 11) is 0. The average molecular weight is 502 g/mol. The third kappa shape index (κ3) is 4.36. The molecule has 1 aliphatic heterocycles. The lowest BCUT2D eigenvalue weighted by molar-refractivity contribution is -0.285. The molecule has 1 aromatic heterocycles. The van der Waals surface area contributed by atoms with Gasteiger partial charge in [-0.3, -0.25) is 9.59 Å². The van der Waals surface area contributed by atoms with Gasteiger partial charge in [0.25, 0.3) is 0 Å². The number of benzene rings is 1. The van der Waals surface area contributed by atoms with Gasteiger partial charge in [0, 0.05) is 10.9 Å². The van der Waals surface area contributed by atoms with Crippen LogP contribution in [0, 0.1) is 17.2 Å². The van der Waals surface area contributed by atoms with Crippen LogP contribution in [0.5, 0.6) is 0 Å². The Hall–Kier alpha value is -2.52. The first-order valence-corrected chi connectivity index (χ1v) is 11.2. The van der Waals surface area contributed by atoms with Gasteiger partial charge < -0.3 is 16.2 Å². The second-order valence-corrected chi connectivity index (χ2v) is 9.16. The van der Waals surface area contributed by atoms with Crippen molar-refractivity contribution < 1.29 is 27.9 Å². The maximum absolute atomic E-state index is 14.3. The number of ketones is 1. The normalized spacial score (nSPS) is 23.4. The van der Waals surface area contributed by atoms with E-state index in [1.165, 1.54) is 41.8 Å². The molecular weight excluding hydrogens is 487 g/mol. The molecule has 3 atom stereocenters. The number of aliphatic hydroxyl groups is 1. The fourth-order valence-corrected chi connectivity index (χ4v) is 5.27. The molecule has 0 aliphatic carbocycles. The summed E-state index contributed by atoms with van der Waals surface area (Å²) in [5.74, 6) is -6.03. The fourth-order valence-electron chi connectivity index (χ4n) is 3.47. The van der Waals surface area contributed by atoms with E-state index in [9.17, 15) is 33.1 Å². The van der Waals surface area contributed by atoms with Crippen molar-refractivity contribution >= 4 is 46.4 Å². The SMILES string of the molecule is N#CC1=C(SCC(N)=O)N[C@](O)(C(F)(F)F)[C@@H](C(=O)c2cccs2)[C@@H]1c1ccccc1Cl. The number of hydrogen-bond acceptors (Lipinski definition) is 7. The molecule has 6 nitrogen and oxygen atoms in total. The van der Waals surface area contributed by atoms with Crippen LogP contribution in [-0.2, 0) is 4.79 Å². The van der Waals surface area contributed by atoms with Crippen molar-refractivity contribution in [2.45, 2.75) is 17.8 Å². The fraction of sp³-hybridized carbons (Fsp3) is 0.250. The topological polar surface area (TPSA) is 116 Å². The quantitative estimate of drug-likeness (QED) is 0.518. The van der Waals surface area contributed by atoms with E-state index < -0.39 is 46.2 Å². The highest BCUT2D eigenvalue weighted by molar-refractivity contribution is 8.03. The highest BCUT2D eigenvalue weighted by atomic mass is 35.5. The van der Waals surface area contributed by atoms with Crippen LogP contribution in [0.2, 0.25) is 5.02 Å². The first-order chi connectivity index (χ1) is 15.0. The number of thiophene rings is 1. The van der Waals surface area contributed by atoms with E-state index in [4.69, 9.17) is 17.3 Å². The first-order valence-electron chi connectivity index (χ1n) is 8.96. The van der Waals surface area contributed by atoms with Gasteiger partial charge in [-0.1, -0.05) is 47.6 Å². The summed E-state index contributed by atoms with van der Waals surface area (Å²) < 4.78 is 42.8. The molecular formula is C20H15ClF3N3O3S2. The Morgan fingerprint density at radius 2 is 2.00 bits per heavy atom. The van der Waals surface area contributed by atoms with Gasteiger partial charge in [-0.15, -0.1) is 11.3 Å². The number of carbonyl (C=O) groups excluding carboxylic acids is 2. The molecule has 1 amide bonds. The summed E-state index contributed by atoms with van der Waals surface area (Å²) in [6.45, 7) is 0. The van der Waals surface area contributed by atoms with Crippen LogP contribution in [0.4, 0.5) is 13.2 Å².